The average Bonchev–Trinajstić information content (AvgIpc) is 2.12. The fraction of sp³-hybridized carbons (Fsp3) is 0.800. The highest BCUT2D eigenvalue weighted by atomic mass is 14.3. The van der Waals surface area contributed by atoms with Crippen LogP contribution in [-0.2, 0) is 0 Å². The van der Waals surface area contributed by atoms with E-state index in [0.717, 1.165) is 0 Å². The molecule has 0 unspecified atom stereocenters. The van der Waals surface area contributed by atoms with Crippen molar-refractivity contribution in [3.05, 3.63) is 11.6 Å². The first-order valence-electron chi connectivity index (χ1n) is 4.28. The van der Waals surface area contributed by atoms with Crippen LogP contribution < -0.4 is 0 Å². The van der Waals surface area contributed by atoms with E-state index >= 15 is 0 Å². The molecule has 0 amide bonds. The molecule has 0 atom stereocenters. The second kappa shape index (κ2) is 2.77. The lowest BCUT2D eigenvalue weighted by molar-refractivity contribution is 0.443. The molecule has 1 aliphatic carbocycles. The molecular formula is C10H18. The van der Waals surface area contributed by atoms with Crippen LogP contribution >= 0.6 is 0 Å². The Labute approximate surface area is 64.3 Å². The second-order valence-electron chi connectivity index (χ2n) is 4.08. The zero-order valence-electron chi connectivity index (χ0n) is 7.41. The van der Waals surface area contributed by atoms with Crippen molar-refractivity contribution in [2.45, 2.75) is 46.5 Å². The summed E-state index contributed by atoms with van der Waals surface area (Å²) in [6.45, 7) is 6.78. The molecule has 0 aromatic rings. The van der Waals surface area contributed by atoms with Crippen molar-refractivity contribution in [3.63, 3.8) is 0 Å². The van der Waals surface area contributed by atoms with Gasteiger partial charge < -0.3 is 0 Å². The number of hydrogen-bond donors (Lipinski definition) is 0. The Morgan fingerprint density at radius 3 is 2.10 bits per heavy atom. The Morgan fingerprint density at radius 2 is 1.70 bits per heavy atom. The van der Waals surface area contributed by atoms with Gasteiger partial charge in [-0.1, -0.05) is 31.4 Å². The molecule has 58 valence electrons. The number of rotatable bonds is 1. The quantitative estimate of drug-likeness (QED) is 0.486. The predicted molar refractivity (Wildman–Crippen MR) is 46.0 cm³/mol. The molecular weight excluding hydrogens is 120 g/mol. The van der Waals surface area contributed by atoms with Gasteiger partial charge in [0.2, 0.25) is 0 Å². The van der Waals surface area contributed by atoms with Crippen LogP contribution in [0.3, 0.4) is 0 Å². The minimum atomic E-state index is 0.554. The maximum atomic E-state index is 2.44. The Kier molecular flexibility index (Phi) is 2.18. The van der Waals surface area contributed by atoms with Crippen molar-refractivity contribution in [1.29, 1.82) is 0 Å². The van der Waals surface area contributed by atoms with E-state index in [1.807, 2.05) is 0 Å². The van der Waals surface area contributed by atoms with Gasteiger partial charge in [0, 0.05) is 0 Å². The molecule has 1 fully saturated rings. The van der Waals surface area contributed by atoms with Gasteiger partial charge in [0.25, 0.3) is 0 Å². The van der Waals surface area contributed by atoms with E-state index in [2.05, 4.69) is 26.8 Å². The highest BCUT2D eigenvalue weighted by Crippen LogP contribution is 2.39. The molecule has 0 spiro atoms. The van der Waals surface area contributed by atoms with Gasteiger partial charge in [-0.25, -0.2) is 0 Å². The molecule has 1 rings (SSSR count). The SMILES string of the molecule is CC(C)=CC1(C)CCCC1. The smallest absolute Gasteiger partial charge is 0.0144 e. The third-order valence-electron chi connectivity index (χ3n) is 2.38. The lowest BCUT2D eigenvalue weighted by atomic mass is 9.87. The van der Waals surface area contributed by atoms with Gasteiger partial charge in [-0.05, 0) is 32.1 Å². The van der Waals surface area contributed by atoms with E-state index < -0.39 is 0 Å². The first kappa shape index (κ1) is 7.84. The van der Waals surface area contributed by atoms with E-state index in [1.165, 1.54) is 31.3 Å². The summed E-state index contributed by atoms with van der Waals surface area (Å²) in [7, 11) is 0. The molecule has 0 N–H and O–H groups in total. The van der Waals surface area contributed by atoms with E-state index in [4.69, 9.17) is 0 Å². The van der Waals surface area contributed by atoms with Gasteiger partial charge in [0.05, 0.1) is 0 Å². The first-order chi connectivity index (χ1) is 4.62. The summed E-state index contributed by atoms with van der Waals surface area (Å²) in [6, 6.07) is 0. The highest BCUT2D eigenvalue weighted by Gasteiger charge is 2.25. The summed E-state index contributed by atoms with van der Waals surface area (Å²) < 4.78 is 0. The van der Waals surface area contributed by atoms with Crippen molar-refractivity contribution in [3.8, 4) is 0 Å². The summed E-state index contributed by atoms with van der Waals surface area (Å²) in [4.78, 5) is 0. The van der Waals surface area contributed by atoms with Gasteiger partial charge in [0.15, 0.2) is 0 Å². The molecule has 0 aromatic heterocycles. The van der Waals surface area contributed by atoms with Gasteiger partial charge in [0.1, 0.15) is 0 Å². The Balaban J connectivity index is 2.59. The van der Waals surface area contributed by atoms with Crippen molar-refractivity contribution in [2.24, 2.45) is 5.41 Å². The fourth-order valence-corrected chi connectivity index (χ4v) is 2.02. The van der Waals surface area contributed by atoms with Crippen molar-refractivity contribution in [1.82, 2.24) is 0 Å². The van der Waals surface area contributed by atoms with Gasteiger partial charge in [-0.3, -0.25) is 0 Å². The molecule has 0 bridgehead atoms. The summed E-state index contributed by atoms with van der Waals surface area (Å²) >= 11 is 0. The zero-order valence-corrected chi connectivity index (χ0v) is 7.41. The van der Waals surface area contributed by atoms with E-state index in [-0.39, 0.29) is 0 Å². The predicted octanol–water partition coefficient (Wildman–Crippen LogP) is 3.53. The lowest BCUT2D eigenvalue weighted by Crippen LogP contribution is -2.06. The van der Waals surface area contributed by atoms with Gasteiger partial charge in [-0.2, -0.15) is 0 Å². The summed E-state index contributed by atoms with van der Waals surface area (Å²) in [5.74, 6) is 0. The van der Waals surface area contributed by atoms with E-state index in [9.17, 15) is 0 Å². The molecule has 0 nitrogen and oxygen atoms in total. The number of hydrogen-bond acceptors (Lipinski definition) is 0. The van der Waals surface area contributed by atoms with Crippen LogP contribution in [0.15, 0.2) is 11.6 Å². The zero-order chi connectivity index (χ0) is 7.61. The molecule has 0 aliphatic heterocycles. The molecule has 0 heterocycles. The van der Waals surface area contributed by atoms with Crippen molar-refractivity contribution in [2.75, 3.05) is 0 Å². The second-order valence-corrected chi connectivity index (χ2v) is 4.08. The average molecular weight is 138 g/mol. The maximum Gasteiger partial charge on any atom is -0.0144 e. The maximum absolute atomic E-state index is 2.44. The molecule has 0 radical (unpaired) electrons. The molecule has 10 heavy (non-hydrogen) atoms. The first-order valence-corrected chi connectivity index (χ1v) is 4.28. The fourth-order valence-electron chi connectivity index (χ4n) is 2.02. The standard InChI is InChI=1S/C10H18/c1-9(2)8-10(3)6-4-5-7-10/h8H,4-7H2,1-3H3. The van der Waals surface area contributed by atoms with Crippen LogP contribution in [0.4, 0.5) is 0 Å². The van der Waals surface area contributed by atoms with Crippen LogP contribution in [0.5, 0.6) is 0 Å². The normalized spacial score (nSPS) is 22.7. The Hall–Kier alpha value is -0.260. The van der Waals surface area contributed by atoms with Crippen molar-refractivity contribution < 1.29 is 0 Å². The molecule has 0 aromatic carbocycles. The van der Waals surface area contributed by atoms with Gasteiger partial charge in [-0.15, -0.1) is 0 Å². The highest BCUT2D eigenvalue weighted by molar-refractivity contribution is 5.05. The van der Waals surface area contributed by atoms with Crippen molar-refractivity contribution >= 4 is 0 Å². The molecule has 0 saturated heterocycles. The summed E-state index contributed by atoms with van der Waals surface area (Å²) in [5, 5.41) is 0. The topological polar surface area (TPSA) is 0 Å². The van der Waals surface area contributed by atoms with E-state index in [1.54, 1.807) is 0 Å². The van der Waals surface area contributed by atoms with Crippen LogP contribution in [0.1, 0.15) is 46.5 Å². The summed E-state index contributed by atoms with van der Waals surface area (Å²) in [5.41, 5.74) is 2.03. The van der Waals surface area contributed by atoms with Crippen LogP contribution in [0.25, 0.3) is 0 Å². The third-order valence-corrected chi connectivity index (χ3v) is 2.38. The molecule has 0 heteroatoms. The minimum absolute atomic E-state index is 0.554. The lowest BCUT2D eigenvalue weighted by Gasteiger charge is -2.18. The molecule has 1 saturated carbocycles. The Morgan fingerprint density at radius 1 is 1.20 bits per heavy atom. The largest absolute Gasteiger partial charge is 0.0799 e. The summed E-state index contributed by atoms with van der Waals surface area (Å²) in [6.07, 6.45) is 8.11. The third kappa shape index (κ3) is 1.86. The van der Waals surface area contributed by atoms with Crippen LogP contribution in [-0.4, -0.2) is 0 Å². The monoisotopic (exact) mass is 138 g/mol. The Bertz CT molecular complexity index is 132. The van der Waals surface area contributed by atoms with Gasteiger partial charge >= 0.3 is 0 Å². The molecule has 1 aliphatic rings. The van der Waals surface area contributed by atoms with Crippen LogP contribution in [0.2, 0.25) is 0 Å². The van der Waals surface area contributed by atoms with Crippen LogP contribution in [0, 0.1) is 5.41 Å². The number of allylic oxidation sites excluding steroid dienone is 2. The minimum Gasteiger partial charge on any atom is -0.0799 e. The van der Waals surface area contributed by atoms with E-state index in [0.29, 0.717) is 5.41 Å².